The van der Waals surface area contributed by atoms with E-state index < -0.39 is 0 Å². The first-order chi connectivity index (χ1) is 12.6. The zero-order valence-electron chi connectivity index (χ0n) is 14.3. The summed E-state index contributed by atoms with van der Waals surface area (Å²) in [5, 5.41) is 2.58. The summed E-state index contributed by atoms with van der Waals surface area (Å²) >= 11 is 4.61. The number of fused-ring (bicyclic) bond motifs is 1. The molecule has 0 atom stereocenters. The van der Waals surface area contributed by atoms with Gasteiger partial charge in [0.15, 0.2) is 5.78 Å². The number of hydrogen-bond donors (Lipinski definition) is 0. The Morgan fingerprint density at radius 1 is 1.19 bits per heavy atom. The van der Waals surface area contributed by atoms with Crippen LogP contribution in [0.4, 0.5) is 0 Å². The molecular formula is C19H16N2O2S3. The minimum atomic E-state index is -0.155. The van der Waals surface area contributed by atoms with Crippen molar-refractivity contribution in [3.05, 3.63) is 61.0 Å². The van der Waals surface area contributed by atoms with Crippen molar-refractivity contribution in [2.75, 3.05) is 0 Å². The molecule has 0 saturated carbocycles. The third-order valence-electron chi connectivity index (χ3n) is 4.17. The number of rotatable bonds is 5. The highest BCUT2D eigenvalue weighted by Gasteiger charge is 2.17. The highest BCUT2D eigenvalue weighted by atomic mass is 32.1. The number of aromatic nitrogens is 2. The number of nitrogens with zero attached hydrogens (tertiary/aromatic N) is 2. The van der Waals surface area contributed by atoms with Crippen LogP contribution in [-0.4, -0.2) is 15.3 Å². The standard InChI is InChI=1S/C19H16N2O2S3/c1-3-12-5-7-16(26-12)14(22)8-21-10-20-18-17(19(21)23)13(9-24-18)15-6-4-11(2)25-15/h4-7,9-10H,3,8H2,1-2H3. The number of ketones is 1. The molecule has 0 aliphatic rings. The first kappa shape index (κ1) is 17.3. The monoisotopic (exact) mass is 400 g/mol. The molecular weight excluding hydrogens is 384 g/mol. The predicted molar refractivity (Wildman–Crippen MR) is 110 cm³/mol. The van der Waals surface area contributed by atoms with E-state index >= 15 is 0 Å². The van der Waals surface area contributed by atoms with Crippen LogP contribution in [0.5, 0.6) is 0 Å². The van der Waals surface area contributed by atoms with Crippen LogP contribution < -0.4 is 5.56 Å². The zero-order valence-corrected chi connectivity index (χ0v) is 16.8. The van der Waals surface area contributed by atoms with Gasteiger partial charge < -0.3 is 0 Å². The van der Waals surface area contributed by atoms with E-state index in [0.717, 1.165) is 16.9 Å². The first-order valence-electron chi connectivity index (χ1n) is 8.22. The maximum absolute atomic E-state index is 13.0. The number of aryl methyl sites for hydroxylation is 2. The van der Waals surface area contributed by atoms with Gasteiger partial charge >= 0.3 is 0 Å². The van der Waals surface area contributed by atoms with Crippen LogP contribution in [-0.2, 0) is 13.0 Å². The number of hydrogen-bond acceptors (Lipinski definition) is 6. The number of carbonyl (C=O) groups excluding carboxylic acids is 1. The first-order valence-corrected chi connectivity index (χ1v) is 10.7. The molecule has 0 radical (unpaired) electrons. The van der Waals surface area contributed by atoms with Crippen molar-refractivity contribution in [1.82, 2.24) is 9.55 Å². The molecule has 0 spiro atoms. The summed E-state index contributed by atoms with van der Waals surface area (Å²) in [6.07, 6.45) is 2.39. The molecule has 0 N–H and O–H groups in total. The van der Waals surface area contributed by atoms with Crippen molar-refractivity contribution in [3.8, 4) is 10.4 Å². The third-order valence-corrected chi connectivity index (χ3v) is 7.36. The van der Waals surface area contributed by atoms with Crippen LogP contribution in [0.15, 0.2) is 40.8 Å². The Morgan fingerprint density at radius 2 is 2.04 bits per heavy atom. The molecule has 0 aromatic carbocycles. The van der Waals surface area contributed by atoms with Crippen LogP contribution in [0.2, 0.25) is 0 Å². The second-order valence-corrected chi connectivity index (χ2v) is 9.27. The van der Waals surface area contributed by atoms with Gasteiger partial charge in [-0.05, 0) is 37.6 Å². The fourth-order valence-corrected chi connectivity index (χ4v) is 5.53. The Kier molecular flexibility index (Phi) is 4.60. The zero-order chi connectivity index (χ0) is 18.3. The molecule has 132 valence electrons. The number of Topliss-reactive ketones (excluding diaryl/α,β-unsaturated/α-hetero) is 1. The van der Waals surface area contributed by atoms with Crippen LogP contribution in [0, 0.1) is 6.92 Å². The van der Waals surface area contributed by atoms with Gasteiger partial charge in [-0.3, -0.25) is 14.2 Å². The highest BCUT2D eigenvalue weighted by molar-refractivity contribution is 7.19. The van der Waals surface area contributed by atoms with Crippen molar-refractivity contribution >= 4 is 50.0 Å². The maximum atomic E-state index is 13.0. The van der Waals surface area contributed by atoms with Gasteiger partial charge in [0.05, 0.1) is 23.1 Å². The topological polar surface area (TPSA) is 52.0 Å². The lowest BCUT2D eigenvalue weighted by molar-refractivity contribution is 0.0974. The van der Waals surface area contributed by atoms with Gasteiger partial charge in [0.2, 0.25) is 0 Å². The van der Waals surface area contributed by atoms with Gasteiger partial charge in [-0.25, -0.2) is 4.98 Å². The maximum Gasteiger partial charge on any atom is 0.263 e. The van der Waals surface area contributed by atoms with Crippen molar-refractivity contribution in [2.24, 2.45) is 0 Å². The molecule has 7 heteroatoms. The molecule has 0 amide bonds. The van der Waals surface area contributed by atoms with E-state index in [4.69, 9.17) is 0 Å². The summed E-state index contributed by atoms with van der Waals surface area (Å²) in [5.41, 5.74) is 0.754. The summed E-state index contributed by atoms with van der Waals surface area (Å²) in [6.45, 7) is 4.13. The fraction of sp³-hybridized carbons (Fsp3) is 0.211. The molecule has 4 aromatic heterocycles. The number of thiophene rings is 3. The lowest BCUT2D eigenvalue weighted by Crippen LogP contribution is -2.24. The molecule has 0 aliphatic carbocycles. The van der Waals surface area contributed by atoms with E-state index in [0.29, 0.717) is 15.1 Å². The molecule has 26 heavy (non-hydrogen) atoms. The molecule has 0 fully saturated rings. The molecule has 0 bridgehead atoms. The minimum Gasteiger partial charge on any atom is -0.291 e. The quantitative estimate of drug-likeness (QED) is 0.443. The SMILES string of the molecule is CCc1ccc(C(=O)Cn2cnc3scc(-c4ccc(C)s4)c3c2=O)s1. The second kappa shape index (κ2) is 6.90. The van der Waals surface area contributed by atoms with Crippen molar-refractivity contribution in [3.63, 3.8) is 0 Å². The summed E-state index contributed by atoms with van der Waals surface area (Å²) in [6, 6.07) is 7.89. The van der Waals surface area contributed by atoms with Gasteiger partial charge in [0, 0.05) is 25.6 Å². The molecule has 0 saturated heterocycles. The van der Waals surface area contributed by atoms with E-state index in [1.54, 1.807) is 11.3 Å². The van der Waals surface area contributed by atoms with E-state index in [1.807, 2.05) is 36.6 Å². The van der Waals surface area contributed by atoms with E-state index in [1.165, 1.54) is 43.3 Å². The molecule has 0 aliphatic heterocycles. The normalized spacial score (nSPS) is 11.3. The predicted octanol–water partition coefficient (Wildman–Crippen LogP) is 5.00. The van der Waals surface area contributed by atoms with Gasteiger partial charge in [-0.15, -0.1) is 34.0 Å². The Labute approximate surface area is 162 Å². The molecule has 4 nitrogen and oxygen atoms in total. The van der Waals surface area contributed by atoms with Crippen molar-refractivity contribution < 1.29 is 4.79 Å². The Balaban J connectivity index is 1.73. The van der Waals surface area contributed by atoms with Gasteiger partial charge in [-0.2, -0.15) is 0 Å². The Bertz CT molecular complexity index is 1160. The van der Waals surface area contributed by atoms with E-state index in [9.17, 15) is 9.59 Å². The summed E-state index contributed by atoms with van der Waals surface area (Å²) < 4.78 is 1.42. The summed E-state index contributed by atoms with van der Waals surface area (Å²) in [5.74, 6) is -0.0540. The number of carbonyl (C=O) groups is 1. The Morgan fingerprint density at radius 3 is 2.73 bits per heavy atom. The average molecular weight is 401 g/mol. The largest absolute Gasteiger partial charge is 0.291 e. The molecule has 4 aromatic rings. The van der Waals surface area contributed by atoms with Crippen molar-refractivity contribution in [2.45, 2.75) is 26.8 Å². The lowest BCUT2D eigenvalue weighted by Gasteiger charge is -2.04. The molecule has 4 heterocycles. The van der Waals surface area contributed by atoms with Gasteiger partial charge in [-0.1, -0.05) is 6.92 Å². The molecule has 4 rings (SSSR count). The molecule has 0 unspecified atom stereocenters. The smallest absolute Gasteiger partial charge is 0.263 e. The van der Waals surface area contributed by atoms with E-state index in [2.05, 4.69) is 11.9 Å². The summed E-state index contributed by atoms with van der Waals surface area (Å²) in [7, 11) is 0. The van der Waals surface area contributed by atoms with Gasteiger partial charge in [0.25, 0.3) is 5.56 Å². The lowest BCUT2D eigenvalue weighted by atomic mass is 10.2. The second-order valence-electron chi connectivity index (χ2n) is 5.96. The summed E-state index contributed by atoms with van der Waals surface area (Å²) in [4.78, 5) is 34.8. The average Bonchev–Trinajstić information content (AvgIpc) is 3.35. The van der Waals surface area contributed by atoms with Crippen LogP contribution in [0.25, 0.3) is 20.7 Å². The van der Waals surface area contributed by atoms with E-state index in [-0.39, 0.29) is 17.9 Å². The Hall–Kier alpha value is -2.09. The van der Waals surface area contributed by atoms with Crippen LogP contribution in [0.3, 0.4) is 0 Å². The third kappa shape index (κ3) is 3.06. The van der Waals surface area contributed by atoms with Crippen LogP contribution in [0.1, 0.15) is 26.3 Å². The highest BCUT2D eigenvalue weighted by Crippen LogP contribution is 2.34. The fourth-order valence-electron chi connectivity index (χ4n) is 2.79. The van der Waals surface area contributed by atoms with Crippen LogP contribution >= 0.6 is 34.0 Å². The van der Waals surface area contributed by atoms with Gasteiger partial charge in [0.1, 0.15) is 4.83 Å². The minimum absolute atomic E-state index is 0.0181. The van der Waals surface area contributed by atoms with Crippen molar-refractivity contribution in [1.29, 1.82) is 0 Å².